The van der Waals surface area contributed by atoms with Crippen molar-refractivity contribution in [1.82, 2.24) is 15.5 Å². The Morgan fingerprint density at radius 3 is 2.79 bits per heavy atom. The number of benzene rings is 1. The Bertz CT molecular complexity index is 623. The van der Waals surface area contributed by atoms with Crippen LogP contribution in [0.3, 0.4) is 0 Å². The summed E-state index contributed by atoms with van der Waals surface area (Å²) < 4.78 is 11.1. The lowest BCUT2D eigenvalue weighted by Gasteiger charge is -2.30. The molecule has 2 aliphatic heterocycles. The highest BCUT2D eigenvalue weighted by molar-refractivity contribution is 5.79. The fourth-order valence-corrected chi connectivity index (χ4v) is 3.90. The van der Waals surface area contributed by atoms with Crippen molar-refractivity contribution in [2.24, 2.45) is 10.9 Å². The molecule has 1 atom stereocenters. The maximum absolute atomic E-state index is 5.80. The fourth-order valence-electron chi connectivity index (χ4n) is 3.90. The van der Waals surface area contributed by atoms with E-state index in [4.69, 9.17) is 9.47 Å². The van der Waals surface area contributed by atoms with Crippen LogP contribution in [0.2, 0.25) is 0 Å². The number of nitrogens with one attached hydrogen (secondary N) is 2. The van der Waals surface area contributed by atoms with Crippen molar-refractivity contribution in [2.75, 3.05) is 46.5 Å². The van der Waals surface area contributed by atoms with E-state index in [2.05, 4.69) is 51.7 Å². The summed E-state index contributed by atoms with van der Waals surface area (Å²) in [6, 6.07) is 8.90. The van der Waals surface area contributed by atoms with Gasteiger partial charge in [-0.15, -0.1) is 0 Å². The molecule has 2 aliphatic rings. The number of ether oxygens (including phenoxy) is 2. The van der Waals surface area contributed by atoms with Crippen molar-refractivity contribution >= 4 is 5.96 Å². The first-order chi connectivity index (χ1) is 14.2. The Morgan fingerprint density at radius 1 is 1.21 bits per heavy atom. The second-order valence-corrected chi connectivity index (χ2v) is 8.34. The lowest BCUT2D eigenvalue weighted by Crippen LogP contribution is -2.37. The Kier molecular flexibility index (Phi) is 9.25. The van der Waals surface area contributed by atoms with Crippen molar-refractivity contribution in [3.05, 3.63) is 35.4 Å². The number of nitrogens with zero attached hydrogens (tertiary/aromatic N) is 2. The molecule has 29 heavy (non-hydrogen) atoms. The van der Waals surface area contributed by atoms with E-state index >= 15 is 0 Å². The molecule has 1 aromatic carbocycles. The number of rotatable bonds is 9. The number of guanidine groups is 1. The largest absolute Gasteiger partial charge is 0.379 e. The Morgan fingerprint density at radius 2 is 2.03 bits per heavy atom. The summed E-state index contributed by atoms with van der Waals surface area (Å²) in [4.78, 5) is 6.90. The van der Waals surface area contributed by atoms with E-state index in [0.29, 0.717) is 0 Å². The average Bonchev–Trinajstić information content (AvgIpc) is 3.25. The monoisotopic (exact) mass is 402 g/mol. The number of hydrogen-bond acceptors (Lipinski definition) is 4. The molecule has 1 unspecified atom stereocenters. The number of aliphatic imine (C=N–C) groups is 1. The zero-order chi connectivity index (χ0) is 20.3. The molecule has 6 heteroatoms. The summed E-state index contributed by atoms with van der Waals surface area (Å²) in [5.74, 6) is 1.72. The number of piperidine rings is 1. The van der Waals surface area contributed by atoms with Gasteiger partial charge in [-0.3, -0.25) is 9.89 Å². The van der Waals surface area contributed by atoms with Gasteiger partial charge in [0.2, 0.25) is 0 Å². The molecule has 2 fully saturated rings. The molecule has 1 aromatic rings. The molecule has 0 spiro atoms. The molecule has 162 valence electrons. The van der Waals surface area contributed by atoms with Crippen molar-refractivity contribution in [2.45, 2.75) is 51.8 Å². The molecule has 0 radical (unpaired) electrons. The van der Waals surface area contributed by atoms with Gasteiger partial charge in [0.05, 0.1) is 12.7 Å². The van der Waals surface area contributed by atoms with Crippen LogP contribution in [0.4, 0.5) is 0 Å². The first-order valence-corrected chi connectivity index (χ1v) is 11.2. The van der Waals surface area contributed by atoms with Crippen molar-refractivity contribution < 1.29 is 9.47 Å². The smallest absolute Gasteiger partial charge is 0.191 e. The molecule has 0 bridgehead atoms. The summed E-state index contributed by atoms with van der Waals surface area (Å²) in [6.45, 7) is 9.82. The van der Waals surface area contributed by atoms with Crippen LogP contribution in [0.1, 0.15) is 43.7 Å². The van der Waals surface area contributed by atoms with Crippen LogP contribution >= 0.6 is 0 Å². The van der Waals surface area contributed by atoms with Crippen molar-refractivity contribution in [3.8, 4) is 0 Å². The maximum atomic E-state index is 5.80. The molecule has 2 heterocycles. The predicted molar refractivity (Wildman–Crippen MR) is 118 cm³/mol. The molecule has 3 rings (SSSR count). The summed E-state index contributed by atoms with van der Waals surface area (Å²) >= 11 is 0. The zero-order valence-electron chi connectivity index (χ0n) is 18.2. The van der Waals surface area contributed by atoms with Gasteiger partial charge in [-0.05, 0) is 55.8 Å². The zero-order valence-corrected chi connectivity index (χ0v) is 18.2. The van der Waals surface area contributed by atoms with Crippen LogP contribution < -0.4 is 10.6 Å². The van der Waals surface area contributed by atoms with E-state index in [9.17, 15) is 0 Å². The summed E-state index contributed by atoms with van der Waals surface area (Å²) in [5.41, 5.74) is 2.69. The molecular formula is C23H38N4O2. The molecule has 2 saturated heterocycles. The highest BCUT2D eigenvalue weighted by atomic mass is 16.5. The van der Waals surface area contributed by atoms with Gasteiger partial charge in [-0.25, -0.2) is 0 Å². The van der Waals surface area contributed by atoms with Crippen molar-refractivity contribution in [3.63, 3.8) is 0 Å². The second-order valence-electron chi connectivity index (χ2n) is 8.34. The molecular weight excluding hydrogens is 364 g/mol. The highest BCUT2D eigenvalue weighted by Crippen LogP contribution is 2.18. The van der Waals surface area contributed by atoms with Gasteiger partial charge >= 0.3 is 0 Å². The quantitative estimate of drug-likeness (QED) is 0.378. The van der Waals surface area contributed by atoms with Crippen LogP contribution in [0.25, 0.3) is 0 Å². The third-order valence-corrected chi connectivity index (χ3v) is 5.81. The second kappa shape index (κ2) is 12.2. The van der Waals surface area contributed by atoms with Crippen LogP contribution in [-0.2, 0) is 22.6 Å². The van der Waals surface area contributed by atoms with Crippen LogP contribution in [0, 0.1) is 5.92 Å². The first-order valence-electron chi connectivity index (χ1n) is 11.2. The maximum Gasteiger partial charge on any atom is 0.191 e. The summed E-state index contributed by atoms with van der Waals surface area (Å²) in [7, 11) is 1.81. The van der Waals surface area contributed by atoms with E-state index in [1.165, 1.54) is 37.1 Å². The minimum atomic E-state index is 0.285. The molecule has 0 amide bonds. The van der Waals surface area contributed by atoms with Gasteiger partial charge in [0.15, 0.2) is 5.96 Å². The first kappa shape index (κ1) is 22.1. The Hall–Kier alpha value is -1.63. The highest BCUT2D eigenvalue weighted by Gasteiger charge is 2.16. The van der Waals surface area contributed by atoms with Crippen LogP contribution in [-0.4, -0.2) is 63.5 Å². The van der Waals surface area contributed by atoms with E-state index in [1.807, 2.05) is 7.05 Å². The van der Waals surface area contributed by atoms with Gasteiger partial charge < -0.3 is 20.1 Å². The Balaban J connectivity index is 1.34. The van der Waals surface area contributed by atoms with Gasteiger partial charge in [-0.2, -0.15) is 0 Å². The fraction of sp³-hybridized carbons (Fsp3) is 0.696. The SMILES string of the molecule is CN=C(NCCCOC1CCOC1)NCc1cccc(CN2CCC(C)CC2)c1. The predicted octanol–water partition coefficient (Wildman–Crippen LogP) is 2.78. The van der Waals surface area contributed by atoms with Crippen LogP contribution in [0.5, 0.6) is 0 Å². The topological polar surface area (TPSA) is 58.1 Å². The average molecular weight is 403 g/mol. The normalized spacial score (nSPS) is 21.4. The van der Waals surface area contributed by atoms with Crippen molar-refractivity contribution in [1.29, 1.82) is 0 Å². The summed E-state index contributed by atoms with van der Waals surface area (Å²) in [5, 5.41) is 6.79. The molecule has 0 aliphatic carbocycles. The number of hydrogen-bond donors (Lipinski definition) is 2. The third kappa shape index (κ3) is 7.96. The standard InChI is InChI=1S/C23H38N4O2/c1-19-7-11-27(12-8-19)17-21-6-3-5-20(15-21)16-26-23(24-2)25-10-4-13-29-22-9-14-28-18-22/h3,5-6,15,19,22H,4,7-14,16-18H2,1-2H3,(H2,24,25,26). The third-order valence-electron chi connectivity index (χ3n) is 5.81. The minimum absolute atomic E-state index is 0.285. The van der Waals surface area contributed by atoms with Gasteiger partial charge in [0.1, 0.15) is 0 Å². The Labute approximate surface area is 176 Å². The van der Waals surface area contributed by atoms with E-state index < -0.39 is 0 Å². The lowest BCUT2D eigenvalue weighted by atomic mass is 9.98. The summed E-state index contributed by atoms with van der Waals surface area (Å²) in [6.07, 6.45) is 4.91. The number of likely N-dealkylation sites (tertiary alicyclic amines) is 1. The lowest BCUT2D eigenvalue weighted by molar-refractivity contribution is 0.0420. The minimum Gasteiger partial charge on any atom is -0.379 e. The van der Waals surface area contributed by atoms with Gasteiger partial charge in [0, 0.05) is 39.9 Å². The molecule has 0 aromatic heterocycles. The van der Waals surface area contributed by atoms with E-state index in [0.717, 1.165) is 64.2 Å². The molecule has 2 N–H and O–H groups in total. The van der Waals surface area contributed by atoms with E-state index in [-0.39, 0.29) is 6.10 Å². The van der Waals surface area contributed by atoms with Gasteiger partial charge in [-0.1, -0.05) is 31.2 Å². The van der Waals surface area contributed by atoms with E-state index in [1.54, 1.807) is 0 Å². The van der Waals surface area contributed by atoms with Gasteiger partial charge in [0.25, 0.3) is 0 Å². The van der Waals surface area contributed by atoms with Crippen LogP contribution in [0.15, 0.2) is 29.3 Å². The molecule has 6 nitrogen and oxygen atoms in total. The molecule has 0 saturated carbocycles.